The van der Waals surface area contributed by atoms with E-state index >= 15 is 0 Å². The Labute approximate surface area is 140 Å². The monoisotopic (exact) mass is 327 g/mol. The Morgan fingerprint density at radius 2 is 2.17 bits per heavy atom. The molecule has 0 spiro atoms. The fourth-order valence-corrected chi connectivity index (χ4v) is 3.04. The molecule has 1 aliphatic carbocycles. The molecule has 0 unspecified atom stereocenters. The van der Waals surface area contributed by atoms with E-state index in [1.54, 1.807) is 7.11 Å². The van der Waals surface area contributed by atoms with Crippen molar-refractivity contribution in [1.82, 2.24) is 15.1 Å². The Balaban J connectivity index is 1.77. The van der Waals surface area contributed by atoms with Gasteiger partial charge in [0.25, 0.3) is 11.5 Å². The van der Waals surface area contributed by atoms with E-state index in [1.165, 1.54) is 27.9 Å². The average Bonchev–Trinajstić information content (AvgIpc) is 2.61. The number of hydrogen-bond acceptors (Lipinski definition) is 4. The van der Waals surface area contributed by atoms with Crippen molar-refractivity contribution in [3.63, 3.8) is 0 Å². The highest BCUT2D eigenvalue weighted by molar-refractivity contribution is 5.92. The molecule has 126 valence electrons. The zero-order valence-corrected chi connectivity index (χ0v) is 13.7. The lowest BCUT2D eigenvalue weighted by atomic mass is 9.87. The number of carbonyl (C=O) groups excluding carboxylic acids is 1. The van der Waals surface area contributed by atoms with Gasteiger partial charge in [-0.15, -0.1) is 0 Å². The third-order valence-electron chi connectivity index (χ3n) is 4.28. The van der Waals surface area contributed by atoms with Crippen LogP contribution in [-0.4, -0.2) is 29.4 Å². The van der Waals surface area contributed by atoms with Crippen LogP contribution in [0.2, 0.25) is 0 Å². The van der Waals surface area contributed by atoms with Gasteiger partial charge in [0.05, 0.1) is 19.2 Å². The zero-order valence-electron chi connectivity index (χ0n) is 13.7. The summed E-state index contributed by atoms with van der Waals surface area (Å²) in [6.45, 7) is 0.691. The molecule has 3 rings (SSSR count). The van der Waals surface area contributed by atoms with E-state index in [9.17, 15) is 9.59 Å². The van der Waals surface area contributed by atoms with Crippen LogP contribution in [0.5, 0.6) is 0 Å². The molecule has 1 aromatic carbocycles. The second-order valence-electron chi connectivity index (χ2n) is 5.89. The molecule has 6 nitrogen and oxygen atoms in total. The summed E-state index contributed by atoms with van der Waals surface area (Å²) >= 11 is 0. The topological polar surface area (TPSA) is 73.2 Å². The lowest BCUT2D eigenvalue weighted by molar-refractivity contribution is 0.0924. The number of nitrogens with one attached hydrogen (secondary N) is 1. The number of methoxy groups -OCH3 is 1. The molecular formula is C18H21N3O3. The highest BCUT2D eigenvalue weighted by Crippen LogP contribution is 2.29. The molecule has 0 bridgehead atoms. The minimum Gasteiger partial charge on any atom is -0.383 e. The van der Waals surface area contributed by atoms with E-state index in [4.69, 9.17) is 4.74 Å². The van der Waals surface area contributed by atoms with Gasteiger partial charge in [-0.25, -0.2) is 4.68 Å². The number of aryl methyl sites for hydroxylation is 1. The Bertz CT molecular complexity index is 785. The van der Waals surface area contributed by atoms with Crippen molar-refractivity contribution in [3.8, 4) is 0 Å². The van der Waals surface area contributed by atoms with Crippen LogP contribution in [0.15, 0.2) is 41.2 Å². The fourth-order valence-electron chi connectivity index (χ4n) is 3.04. The second-order valence-corrected chi connectivity index (χ2v) is 5.89. The van der Waals surface area contributed by atoms with Crippen LogP contribution >= 0.6 is 0 Å². The van der Waals surface area contributed by atoms with Crippen LogP contribution in [-0.2, 0) is 17.7 Å². The third kappa shape index (κ3) is 3.54. The van der Waals surface area contributed by atoms with Crippen molar-refractivity contribution in [2.75, 3.05) is 13.7 Å². The minimum atomic E-state index is -0.261. The lowest BCUT2D eigenvalue weighted by Crippen LogP contribution is -2.34. The summed E-state index contributed by atoms with van der Waals surface area (Å²) in [6.07, 6.45) is 3.00. The third-order valence-corrected chi connectivity index (χ3v) is 4.28. The van der Waals surface area contributed by atoms with E-state index in [0.29, 0.717) is 13.2 Å². The van der Waals surface area contributed by atoms with E-state index in [1.807, 2.05) is 12.1 Å². The quantitative estimate of drug-likeness (QED) is 0.907. The highest BCUT2D eigenvalue weighted by Gasteiger charge is 2.22. The van der Waals surface area contributed by atoms with Gasteiger partial charge in [-0.1, -0.05) is 24.3 Å². The smallest absolute Gasteiger partial charge is 0.272 e. The summed E-state index contributed by atoms with van der Waals surface area (Å²) in [4.78, 5) is 24.3. The fraction of sp³-hybridized carbons (Fsp3) is 0.389. The van der Waals surface area contributed by atoms with Crippen LogP contribution in [0.3, 0.4) is 0 Å². The van der Waals surface area contributed by atoms with Crippen LogP contribution in [0.1, 0.15) is 40.5 Å². The van der Waals surface area contributed by atoms with E-state index in [2.05, 4.69) is 22.5 Å². The second kappa shape index (κ2) is 7.40. The number of amides is 1. The molecule has 0 aliphatic heterocycles. The van der Waals surface area contributed by atoms with Gasteiger partial charge < -0.3 is 10.1 Å². The molecule has 0 fully saturated rings. The zero-order chi connectivity index (χ0) is 16.9. The summed E-state index contributed by atoms with van der Waals surface area (Å²) in [5, 5.41) is 7.19. The van der Waals surface area contributed by atoms with Gasteiger partial charge in [-0.3, -0.25) is 9.59 Å². The molecule has 0 saturated carbocycles. The van der Waals surface area contributed by atoms with Crippen LogP contribution < -0.4 is 10.9 Å². The van der Waals surface area contributed by atoms with Crippen molar-refractivity contribution >= 4 is 5.91 Å². The number of ether oxygens (including phenoxy) is 1. The van der Waals surface area contributed by atoms with Gasteiger partial charge in [-0.2, -0.15) is 5.10 Å². The van der Waals surface area contributed by atoms with Crippen LogP contribution in [0.4, 0.5) is 0 Å². The highest BCUT2D eigenvalue weighted by atomic mass is 16.5. The Morgan fingerprint density at radius 1 is 1.33 bits per heavy atom. The molecule has 2 aromatic rings. The summed E-state index contributed by atoms with van der Waals surface area (Å²) in [7, 11) is 1.56. The molecule has 1 N–H and O–H groups in total. The predicted octanol–water partition coefficient (Wildman–Crippen LogP) is 1.70. The number of hydrogen-bond donors (Lipinski definition) is 1. The van der Waals surface area contributed by atoms with E-state index in [-0.39, 0.29) is 23.2 Å². The van der Waals surface area contributed by atoms with E-state index in [0.717, 1.165) is 19.3 Å². The first-order chi connectivity index (χ1) is 11.7. The van der Waals surface area contributed by atoms with Crippen molar-refractivity contribution in [3.05, 3.63) is 63.6 Å². The Hall–Kier alpha value is -2.47. The average molecular weight is 327 g/mol. The maximum atomic E-state index is 12.5. The summed E-state index contributed by atoms with van der Waals surface area (Å²) in [5.41, 5.74) is 2.46. The first-order valence-corrected chi connectivity index (χ1v) is 8.15. The lowest BCUT2D eigenvalue weighted by Gasteiger charge is -2.26. The number of aromatic nitrogens is 2. The van der Waals surface area contributed by atoms with Gasteiger partial charge in [0.2, 0.25) is 0 Å². The number of benzene rings is 1. The first-order valence-electron chi connectivity index (χ1n) is 8.15. The molecule has 24 heavy (non-hydrogen) atoms. The molecule has 0 radical (unpaired) electrons. The van der Waals surface area contributed by atoms with E-state index < -0.39 is 0 Å². The summed E-state index contributed by atoms with van der Waals surface area (Å²) in [6, 6.07) is 11.0. The van der Waals surface area contributed by atoms with Gasteiger partial charge in [0.1, 0.15) is 5.69 Å². The molecule has 1 aromatic heterocycles. The van der Waals surface area contributed by atoms with Crippen molar-refractivity contribution in [2.24, 2.45) is 0 Å². The predicted molar refractivity (Wildman–Crippen MR) is 90.0 cm³/mol. The molecule has 0 saturated heterocycles. The van der Waals surface area contributed by atoms with Gasteiger partial charge in [0.15, 0.2) is 0 Å². The van der Waals surface area contributed by atoms with Crippen LogP contribution in [0, 0.1) is 0 Å². The van der Waals surface area contributed by atoms with Crippen LogP contribution in [0.25, 0.3) is 0 Å². The first kappa shape index (κ1) is 16.4. The number of nitrogens with zero attached hydrogens (tertiary/aromatic N) is 2. The number of carbonyl (C=O) groups is 1. The minimum absolute atomic E-state index is 0.0106. The molecular weight excluding hydrogens is 306 g/mol. The van der Waals surface area contributed by atoms with Crippen molar-refractivity contribution in [1.29, 1.82) is 0 Å². The molecule has 1 aliphatic rings. The SMILES string of the molecule is COCCn1nc(C(=O)N[C@@H]2CCCc3ccccc32)ccc1=O. The normalized spacial score (nSPS) is 16.5. The Morgan fingerprint density at radius 3 is 3.00 bits per heavy atom. The maximum absolute atomic E-state index is 12.5. The Kier molecular flexibility index (Phi) is 5.05. The molecule has 1 heterocycles. The maximum Gasteiger partial charge on any atom is 0.272 e. The molecule has 1 amide bonds. The number of rotatable bonds is 5. The van der Waals surface area contributed by atoms with Gasteiger partial charge in [0, 0.05) is 13.2 Å². The molecule has 6 heteroatoms. The number of fused-ring (bicyclic) bond motifs is 1. The standard InChI is InChI=1S/C18H21N3O3/c1-24-12-11-21-17(22)10-9-16(20-21)18(23)19-15-8-4-6-13-5-2-3-7-14(13)15/h2-3,5,7,9-10,15H,4,6,8,11-12H2,1H3,(H,19,23)/t15-/m1/s1. The summed E-state index contributed by atoms with van der Waals surface area (Å²) in [5.74, 6) is -0.261. The van der Waals surface area contributed by atoms with Crippen molar-refractivity contribution in [2.45, 2.75) is 31.8 Å². The van der Waals surface area contributed by atoms with Gasteiger partial charge >= 0.3 is 0 Å². The largest absolute Gasteiger partial charge is 0.383 e. The van der Waals surface area contributed by atoms with Crippen molar-refractivity contribution < 1.29 is 9.53 Å². The summed E-state index contributed by atoms with van der Waals surface area (Å²) < 4.78 is 6.22. The molecule has 1 atom stereocenters. The van der Waals surface area contributed by atoms with Gasteiger partial charge in [-0.05, 0) is 36.5 Å².